The summed E-state index contributed by atoms with van der Waals surface area (Å²) in [6.07, 6.45) is 2.48. The second-order valence-corrected chi connectivity index (χ2v) is 7.06. The normalized spacial score (nSPS) is 15.4. The Labute approximate surface area is 150 Å². The number of nitrogens with one attached hydrogen (secondary N) is 1. The first-order chi connectivity index (χ1) is 12.1. The Hall–Kier alpha value is -2.33. The standard InChI is InChI=1S/C21H27N3O/c1-23(2)16-17-12-14-24(15-13-17)20-10-8-19(9-11-20)22-21(25)18-6-4-3-5-7-18/h3-11,17H,12-16H2,1-2H3,(H,22,25). The molecule has 4 heteroatoms. The summed E-state index contributed by atoms with van der Waals surface area (Å²) in [6, 6.07) is 17.5. The zero-order valence-electron chi connectivity index (χ0n) is 15.1. The van der Waals surface area contributed by atoms with Gasteiger partial charge in [0, 0.05) is 36.6 Å². The lowest BCUT2D eigenvalue weighted by Crippen LogP contribution is -2.37. The maximum atomic E-state index is 12.2. The highest BCUT2D eigenvalue weighted by atomic mass is 16.1. The van der Waals surface area contributed by atoms with E-state index in [4.69, 9.17) is 0 Å². The molecule has 0 aromatic heterocycles. The van der Waals surface area contributed by atoms with Gasteiger partial charge in [0.1, 0.15) is 0 Å². The average Bonchev–Trinajstić information content (AvgIpc) is 2.63. The Morgan fingerprint density at radius 3 is 2.28 bits per heavy atom. The molecule has 25 heavy (non-hydrogen) atoms. The van der Waals surface area contributed by atoms with Gasteiger partial charge in [-0.25, -0.2) is 0 Å². The molecule has 1 aliphatic rings. The van der Waals surface area contributed by atoms with Gasteiger partial charge in [-0.15, -0.1) is 0 Å². The highest BCUT2D eigenvalue weighted by molar-refractivity contribution is 6.04. The van der Waals surface area contributed by atoms with Crippen LogP contribution in [-0.4, -0.2) is 44.5 Å². The number of anilines is 2. The van der Waals surface area contributed by atoms with E-state index in [1.165, 1.54) is 25.1 Å². The molecule has 1 heterocycles. The number of benzene rings is 2. The fraction of sp³-hybridized carbons (Fsp3) is 0.381. The molecule has 0 atom stereocenters. The molecule has 0 bridgehead atoms. The zero-order valence-corrected chi connectivity index (χ0v) is 15.1. The molecule has 1 N–H and O–H groups in total. The number of piperidine rings is 1. The van der Waals surface area contributed by atoms with Crippen LogP contribution in [0.25, 0.3) is 0 Å². The minimum atomic E-state index is -0.0714. The van der Waals surface area contributed by atoms with Crippen LogP contribution in [0.4, 0.5) is 11.4 Å². The van der Waals surface area contributed by atoms with Crippen molar-refractivity contribution in [2.45, 2.75) is 12.8 Å². The van der Waals surface area contributed by atoms with E-state index in [1.807, 2.05) is 42.5 Å². The molecular formula is C21H27N3O. The predicted octanol–water partition coefficient (Wildman–Crippen LogP) is 3.72. The lowest BCUT2D eigenvalue weighted by molar-refractivity contribution is 0.102. The first-order valence-corrected chi connectivity index (χ1v) is 8.98. The van der Waals surface area contributed by atoms with Crippen molar-refractivity contribution in [3.8, 4) is 0 Å². The summed E-state index contributed by atoms with van der Waals surface area (Å²) in [4.78, 5) is 16.9. The van der Waals surface area contributed by atoms with Gasteiger partial charge in [-0.05, 0) is 69.3 Å². The van der Waals surface area contributed by atoms with Gasteiger partial charge in [0.25, 0.3) is 5.91 Å². The fourth-order valence-electron chi connectivity index (χ4n) is 3.44. The van der Waals surface area contributed by atoms with Gasteiger partial charge < -0.3 is 15.1 Å². The number of amides is 1. The molecule has 0 saturated carbocycles. The quantitative estimate of drug-likeness (QED) is 0.903. The zero-order chi connectivity index (χ0) is 17.6. The van der Waals surface area contributed by atoms with Crippen LogP contribution < -0.4 is 10.2 Å². The lowest BCUT2D eigenvalue weighted by atomic mass is 9.96. The molecule has 0 unspecified atom stereocenters. The van der Waals surface area contributed by atoms with E-state index < -0.39 is 0 Å². The molecule has 1 fully saturated rings. The van der Waals surface area contributed by atoms with Crippen LogP contribution in [-0.2, 0) is 0 Å². The van der Waals surface area contributed by atoms with Crippen molar-refractivity contribution in [3.63, 3.8) is 0 Å². The van der Waals surface area contributed by atoms with E-state index in [1.54, 1.807) is 0 Å². The van der Waals surface area contributed by atoms with Crippen molar-refractivity contribution < 1.29 is 4.79 Å². The van der Waals surface area contributed by atoms with Crippen molar-refractivity contribution >= 4 is 17.3 Å². The number of hydrogen-bond acceptors (Lipinski definition) is 3. The molecule has 2 aromatic carbocycles. The maximum absolute atomic E-state index is 12.2. The van der Waals surface area contributed by atoms with Gasteiger partial charge >= 0.3 is 0 Å². The monoisotopic (exact) mass is 337 g/mol. The van der Waals surface area contributed by atoms with Crippen LogP contribution in [0.5, 0.6) is 0 Å². The van der Waals surface area contributed by atoms with Crippen molar-refractivity contribution in [1.82, 2.24) is 4.90 Å². The molecule has 0 aliphatic carbocycles. The molecule has 3 rings (SSSR count). The minimum absolute atomic E-state index is 0.0714. The first kappa shape index (κ1) is 17.5. The van der Waals surface area contributed by atoms with E-state index in [-0.39, 0.29) is 5.91 Å². The van der Waals surface area contributed by atoms with E-state index in [0.29, 0.717) is 5.56 Å². The summed E-state index contributed by atoms with van der Waals surface area (Å²) in [5, 5.41) is 2.95. The molecule has 0 spiro atoms. The van der Waals surface area contributed by atoms with Crippen LogP contribution in [0, 0.1) is 5.92 Å². The van der Waals surface area contributed by atoms with Crippen LogP contribution in [0.15, 0.2) is 54.6 Å². The van der Waals surface area contributed by atoms with Crippen LogP contribution in [0.3, 0.4) is 0 Å². The van der Waals surface area contributed by atoms with Gasteiger partial charge in [-0.2, -0.15) is 0 Å². The molecule has 1 amide bonds. The number of nitrogens with zero attached hydrogens (tertiary/aromatic N) is 2. The van der Waals surface area contributed by atoms with Crippen LogP contribution in [0.2, 0.25) is 0 Å². The van der Waals surface area contributed by atoms with Crippen molar-refractivity contribution in [2.24, 2.45) is 5.92 Å². The summed E-state index contributed by atoms with van der Waals surface area (Å²) >= 11 is 0. The topological polar surface area (TPSA) is 35.6 Å². The Morgan fingerprint density at radius 2 is 1.68 bits per heavy atom. The molecular weight excluding hydrogens is 310 g/mol. The van der Waals surface area contributed by atoms with E-state index in [0.717, 1.165) is 24.7 Å². The van der Waals surface area contributed by atoms with Gasteiger partial charge in [-0.1, -0.05) is 18.2 Å². The minimum Gasteiger partial charge on any atom is -0.372 e. The summed E-state index contributed by atoms with van der Waals surface area (Å²) < 4.78 is 0. The largest absolute Gasteiger partial charge is 0.372 e. The second-order valence-electron chi connectivity index (χ2n) is 7.06. The number of carbonyl (C=O) groups excluding carboxylic acids is 1. The molecule has 0 radical (unpaired) electrons. The SMILES string of the molecule is CN(C)CC1CCN(c2ccc(NC(=O)c3ccccc3)cc2)CC1. The average molecular weight is 337 g/mol. The fourth-order valence-corrected chi connectivity index (χ4v) is 3.44. The summed E-state index contributed by atoms with van der Waals surface area (Å²) in [5.74, 6) is 0.730. The van der Waals surface area contributed by atoms with Crippen LogP contribution in [0.1, 0.15) is 23.2 Å². The van der Waals surface area contributed by atoms with E-state index >= 15 is 0 Å². The second kappa shape index (κ2) is 8.17. The van der Waals surface area contributed by atoms with Crippen LogP contribution >= 0.6 is 0 Å². The lowest BCUT2D eigenvalue weighted by Gasteiger charge is -2.34. The molecule has 1 aliphatic heterocycles. The van der Waals surface area contributed by atoms with Crippen molar-refractivity contribution in [1.29, 1.82) is 0 Å². The number of carbonyl (C=O) groups is 1. The predicted molar refractivity (Wildman–Crippen MR) is 104 cm³/mol. The third-order valence-electron chi connectivity index (χ3n) is 4.76. The Morgan fingerprint density at radius 1 is 1.04 bits per heavy atom. The van der Waals surface area contributed by atoms with Gasteiger partial charge in [0.15, 0.2) is 0 Å². The van der Waals surface area contributed by atoms with E-state index in [2.05, 4.69) is 41.3 Å². The highest BCUT2D eigenvalue weighted by Gasteiger charge is 2.19. The number of hydrogen-bond donors (Lipinski definition) is 1. The first-order valence-electron chi connectivity index (χ1n) is 8.98. The van der Waals surface area contributed by atoms with Gasteiger partial charge in [-0.3, -0.25) is 4.79 Å². The Bertz CT molecular complexity index is 674. The number of rotatable bonds is 5. The van der Waals surface area contributed by atoms with Gasteiger partial charge in [0.2, 0.25) is 0 Å². The molecule has 2 aromatic rings. The molecule has 4 nitrogen and oxygen atoms in total. The highest BCUT2D eigenvalue weighted by Crippen LogP contribution is 2.25. The van der Waals surface area contributed by atoms with Crippen molar-refractivity contribution in [2.75, 3.05) is 43.9 Å². The van der Waals surface area contributed by atoms with Crippen molar-refractivity contribution in [3.05, 3.63) is 60.2 Å². The third kappa shape index (κ3) is 4.83. The maximum Gasteiger partial charge on any atom is 0.255 e. The Balaban J connectivity index is 1.55. The summed E-state index contributed by atoms with van der Waals surface area (Å²) in [5.41, 5.74) is 2.75. The molecule has 132 valence electrons. The smallest absolute Gasteiger partial charge is 0.255 e. The molecule has 1 saturated heterocycles. The van der Waals surface area contributed by atoms with Gasteiger partial charge in [0.05, 0.1) is 0 Å². The Kier molecular flexibility index (Phi) is 5.71. The van der Waals surface area contributed by atoms with E-state index in [9.17, 15) is 4.79 Å². The summed E-state index contributed by atoms with van der Waals surface area (Å²) in [6.45, 7) is 3.39. The third-order valence-corrected chi connectivity index (χ3v) is 4.76. The summed E-state index contributed by atoms with van der Waals surface area (Å²) in [7, 11) is 4.30.